The van der Waals surface area contributed by atoms with Crippen LogP contribution in [0.4, 0.5) is 24.0 Å². The maximum atomic E-state index is 13.0. The van der Waals surface area contributed by atoms with E-state index in [4.69, 9.17) is 0 Å². The van der Waals surface area contributed by atoms with E-state index in [0.29, 0.717) is 27.8 Å². The van der Waals surface area contributed by atoms with Gasteiger partial charge in [-0.2, -0.15) is 13.2 Å². The van der Waals surface area contributed by atoms with Gasteiger partial charge in [-0.3, -0.25) is 9.69 Å². The third-order valence-electron chi connectivity index (χ3n) is 4.18. The molecule has 7 nitrogen and oxygen atoms in total. The third-order valence-corrected chi connectivity index (χ3v) is 6.02. The predicted octanol–water partition coefficient (Wildman–Crippen LogP) is 4.46. The molecule has 1 aliphatic rings. The molecule has 1 saturated carbocycles. The summed E-state index contributed by atoms with van der Waals surface area (Å²) in [6.07, 6.45) is -2.37. The Bertz CT molecular complexity index is 1030. The number of benzene rings is 1. The summed E-state index contributed by atoms with van der Waals surface area (Å²) in [4.78, 5) is 17.8. The van der Waals surface area contributed by atoms with Gasteiger partial charge in [-0.15, -0.1) is 16.4 Å². The molecule has 0 N–H and O–H groups in total. The van der Waals surface area contributed by atoms with Crippen molar-refractivity contribution in [1.82, 2.24) is 25.2 Å². The van der Waals surface area contributed by atoms with E-state index in [0.717, 1.165) is 25.0 Å². The number of carbonyl (C=O) groups is 1. The molecule has 4 rings (SSSR count). The highest BCUT2D eigenvalue weighted by atomic mass is 32.2. The second kappa shape index (κ2) is 7.75. The van der Waals surface area contributed by atoms with Crippen molar-refractivity contribution in [3.8, 4) is 0 Å². The van der Waals surface area contributed by atoms with Gasteiger partial charge in [0.15, 0.2) is 5.13 Å². The molecule has 12 heteroatoms. The van der Waals surface area contributed by atoms with Crippen LogP contribution < -0.4 is 4.90 Å². The summed E-state index contributed by atoms with van der Waals surface area (Å²) in [6, 6.07) is 5.00. The zero-order valence-electron chi connectivity index (χ0n) is 15.1. The first-order chi connectivity index (χ1) is 13.8. The minimum absolute atomic E-state index is 0.124. The van der Waals surface area contributed by atoms with Crippen molar-refractivity contribution < 1.29 is 18.0 Å². The van der Waals surface area contributed by atoms with Crippen LogP contribution in [-0.4, -0.2) is 31.1 Å². The standard InChI is InChI=1S/C17H15F3N6OS2/c1-10(27)25(14-4-2-3-11(7-14)17(18,19)20)15-21-12(8-28-15)9-29-16-22-23-24-26(16)13-5-6-13/h2-4,7-8,13H,5-6,9H2,1H3. The van der Waals surface area contributed by atoms with Gasteiger partial charge in [-0.05, 0) is 41.5 Å². The lowest BCUT2D eigenvalue weighted by atomic mass is 10.2. The number of tetrazole rings is 1. The van der Waals surface area contributed by atoms with Crippen LogP contribution >= 0.6 is 23.1 Å². The van der Waals surface area contributed by atoms with E-state index in [9.17, 15) is 18.0 Å². The fourth-order valence-electron chi connectivity index (χ4n) is 2.68. The van der Waals surface area contributed by atoms with Gasteiger partial charge in [-0.1, -0.05) is 17.8 Å². The fourth-order valence-corrected chi connectivity index (χ4v) is 4.51. The Labute approximate surface area is 171 Å². The Balaban J connectivity index is 1.53. The van der Waals surface area contributed by atoms with Crippen molar-refractivity contribution in [3.05, 3.63) is 40.9 Å². The van der Waals surface area contributed by atoms with Crippen LogP contribution in [0.2, 0.25) is 0 Å². The topological polar surface area (TPSA) is 76.8 Å². The van der Waals surface area contributed by atoms with E-state index in [2.05, 4.69) is 20.5 Å². The molecule has 1 aromatic carbocycles. The highest BCUT2D eigenvalue weighted by molar-refractivity contribution is 7.98. The van der Waals surface area contributed by atoms with Crippen LogP contribution in [0.5, 0.6) is 0 Å². The molecule has 152 valence electrons. The molecular weight excluding hydrogens is 425 g/mol. The molecule has 0 aliphatic heterocycles. The molecule has 0 radical (unpaired) electrons. The lowest BCUT2D eigenvalue weighted by Crippen LogP contribution is -2.23. The highest BCUT2D eigenvalue weighted by Crippen LogP contribution is 2.38. The summed E-state index contributed by atoms with van der Waals surface area (Å²) in [5.41, 5.74) is -0.00220. The molecule has 1 aliphatic carbocycles. The lowest BCUT2D eigenvalue weighted by Gasteiger charge is -2.19. The molecule has 0 saturated heterocycles. The van der Waals surface area contributed by atoms with E-state index >= 15 is 0 Å². The SMILES string of the molecule is CC(=O)N(c1cccc(C(F)(F)F)c1)c1nc(CSc2nnnn2C2CC2)cs1. The average molecular weight is 440 g/mol. The van der Waals surface area contributed by atoms with Gasteiger partial charge >= 0.3 is 6.18 Å². The quantitative estimate of drug-likeness (QED) is 0.527. The van der Waals surface area contributed by atoms with Crippen molar-refractivity contribution in [2.75, 3.05) is 4.90 Å². The maximum Gasteiger partial charge on any atom is 0.416 e. The summed E-state index contributed by atoms with van der Waals surface area (Å²) >= 11 is 2.62. The van der Waals surface area contributed by atoms with Gasteiger partial charge in [0.2, 0.25) is 11.1 Å². The number of thioether (sulfide) groups is 1. The minimum Gasteiger partial charge on any atom is -0.274 e. The second-order valence-electron chi connectivity index (χ2n) is 6.45. The van der Waals surface area contributed by atoms with Gasteiger partial charge < -0.3 is 0 Å². The molecule has 0 unspecified atom stereocenters. The van der Waals surface area contributed by atoms with Crippen molar-refractivity contribution in [2.24, 2.45) is 0 Å². The van der Waals surface area contributed by atoms with Gasteiger partial charge in [0, 0.05) is 18.1 Å². The van der Waals surface area contributed by atoms with Crippen LogP contribution in [-0.2, 0) is 16.7 Å². The highest BCUT2D eigenvalue weighted by Gasteiger charge is 2.32. The Kier molecular flexibility index (Phi) is 5.30. The fraction of sp³-hybridized carbons (Fsp3) is 0.353. The molecule has 0 bridgehead atoms. The summed E-state index contributed by atoms with van der Waals surface area (Å²) < 4.78 is 40.9. The number of nitrogens with zero attached hydrogens (tertiary/aromatic N) is 6. The number of halogens is 3. The Morgan fingerprint density at radius 1 is 1.38 bits per heavy atom. The predicted molar refractivity (Wildman–Crippen MR) is 102 cm³/mol. The van der Waals surface area contributed by atoms with Gasteiger partial charge in [0.05, 0.1) is 23.0 Å². The Morgan fingerprint density at radius 3 is 2.86 bits per heavy atom. The Hall–Kier alpha value is -2.47. The summed E-state index contributed by atoms with van der Waals surface area (Å²) in [5, 5.41) is 14.5. The second-order valence-corrected chi connectivity index (χ2v) is 8.23. The van der Waals surface area contributed by atoms with E-state index in [1.54, 1.807) is 10.1 Å². The molecule has 1 amide bonds. The molecular formula is C17H15F3N6OS2. The summed E-state index contributed by atoms with van der Waals surface area (Å²) in [7, 11) is 0. The first-order valence-corrected chi connectivity index (χ1v) is 10.5. The summed E-state index contributed by atoms with van der Waals surface area (Å²) in [5.74, 6) is 0.0633. The van der Waals surface area contributed by atoms with Crippen molar-refractivity contribution in [2.45, 2.75) is 42.9 Å². The van der Waals surface area contributed by atoms with Crippen LogP contribution in [0.25, 0.3) is 0 Å². The number of anilines is 2. The van der Waals surface area contributed by atoms with E-state index in [1.807, 2.05) is 0 Å². The number of hydrogen-bond donors (Lipinski definition) is 0. The maximum absolute atomic E-state index is 13.0. The average Bonchev–Trinajstić information content (AvgIpc) is 3.22. The van der Waals surface area contributed by atoms with Crippen LogP contribution in [0.15, 0.2) is 34.8 Å². The zero-order chi connectivity index (χ0) is 20.6. The lowest BCUT2D eigenvalue weighted by molar-refractivity contribution is -0.137. The number of carbonyl (C=O) groups excluding carboxylic acids is 1. The summed E-state index contributed by atoms with van der Waals surface area (Å²) in [6.45, 7) is 1.29. The van der Waals surface area contributed by atoms with Crippen molar-refractivity contribution in [1.29, 1.82) is 0 Å². The number of aromatic nitrogens is 5. The van der Waals surface area contributed by atoms with Crippen LogP contribution in [0, 0.1) is 0 Å². The zero-order valence-corrected chi connectivity index (χ0v) is 16.8. The molecule has 0 atom stereocenters. The first-order valence-electron chi connectivity index (χ1n) is 8.66. The number of hydrogen-bond acceptors (Lipinski definition) is 7. The van der Waals surface area contributed by atoms with Crippen LogP contribution in [0.1, 0.15) is 37.1 Å². The monoisotopic (exact) mass is 440 g/mol. The number of alkyl halides is 3. The molecule has 2 aromatic heterocycles. The van der Waals surface area contributed by atoms with E-state index in [-0.39, 0.29) is 5.69 Å². The molecule has 0 spiro atoms. The largest absolute Gasteiger partial charge is 0.416 e. The van der Waals surface area contributed by atoms with E-state index in [1.165, 1.54) is 47.1 Å². The third kappa shape index (κ3) is 4.42. The van der Waals surface area contributed by atoms with Gasteiger partial charge in [0.25, 0.3) is 0 Å². The van der Waals surface area contributed by atoms with Gasteiger partial charge in [0.1, 0.15) is 0 Å². The van der Waals surface area contributed by atoms with Crippen LogP contribution in [0.3, 0.4) is 0 Å². The smallest absolute Gasteiger partial charge is 0.274 e. The van der Waals surface area contributed by atoms with E-state index < -0.39 is 17.6 Å². The number of rotatable bonds is 6. The molecule has 1 fully saturated rings. The van der Waals surface area contributed by atoms with Gasteiger partial charge in [-0.25, -0.2) is 9.67 Å². The first kappa shape index (κ1) is 19.8. The Morgan fingerprint density at radius 2 is 2.17 bits per heavy atom. The normalized spacial score (nSPS) is 14.2. The minimum atomic E-state index is -4.49. The molecule has 3 aromatic rings. The van der Waals surface area contributed by atoms with Crippen molar-refractivity contribution in [3.63, 3.8) is 0 Å². The molecule has 29 heavy (non-hydrogen) atoms. The number of amides is 1. The molecule has 2 heterocycles. The van der Waals surface area contributed by atoms with Crippen molar-refractivity contribution >= 4 is 39.8 Å². The number of thiazole rings is 1.